The fourth-order valence-corrected chi connectivity index (χ4v) is 2.29. The molecule has 0 aromatic carbocycles. The summed E-state index contributed by atoms with van der Waals surface area (Å²) < 4.78 is 5.47. The number of nitrogens with one attached hydrogen (secondary N) is 1. The predicted octanol–water partition coefficient (Wildman–Crippen LogP) is 3.67. The van der Waals surface area contributed by atoms with Crippen molar-refractivity contribution < 1.29 is 4.42 Å². The van der Waals surface area contributed by atoms with Gasteiger partial charge in [0, 0.05) is 12.6 Å². The van der Waals surface area contributed by atoms with Gasteiger partial charge in [-0.15, -0.1) is 0 Å². The molecular formula is C16H21N3O. The van der Waals surface area contributed by atoms with Crippen LogP contribution in [0.4, 0.5) is 11.6 Å². The van der Waals surface area contributed by atoms with Gasteiger partial charge in [-0.2, -0.15) is 0 Å². The van der Waals surface area contributed by atoms with E-state index in [2.05, 4.69) is 29.3 Å². The molecule has 4 heteroatoms. The van der Waals surface area contributed by atoms with Gasteiger partial charge in [-0.1, -0.05) is 13.0 Å². The first kappa shape index (κ1) is 13.0. The first-order valence-corrected chi connectivity index (χ1v) is 7.37. The Morgan fingerprint density at radius 2 is 2.20 bits per heavy atom. The van der Waals surface area contributed by atoms with Crippen LogP contribution in [0, 0.1) is 0 Å². The van der Waals surface area contributed by atoms with Gasteiger partial charge in [-0.05, 0) is 43.5 Å². The second kappa shape index (κ2) is 5.99. The normalized spacial score (nSPS) is 14.2. The van der Waals surface area contributed by atoms with Crippen molar-refractivity contribution in [3.8, 4) is 0 Å². The molecule has 20 heavy (non-hydrogen) atoms. The summed E-state index contributed by atoms with van der Waals surface area (Å²) in [5.41, 5.74) is 0. The Labute approximate surface area is 119 Å². The Bertz CT molecular complexity index is 534. The molecule has 0 spiro atoms. The van der Waals surface area contributed by atoms with Gasteiger partial charge in [0.1, 0.15) is 17.4 Å². The molecule has 4 nitrogen and oxygen atoms in total. The van der Waals surface area contributed by atoms with Gasteiger partial charge >= 0.3 is 0 Å². The van der Waals surface area contributed by atoms with Crippen molar-refractivity contribution in [3.63, 3.8) is 0 Å². The van der Waals surface area contributed by atoms with Crippen LogP contribution in [0.3, 0.4) is 0 Å². The lowest BCUT2D eigenvalue weighted by atomic mass is 10.3. The van der Waals surface area contributed by atoms with Gasteiger partial charge in [-0.25, -0.2) is 4.98 Å². The quantitative estimate of drug-likeness (QED) is 0.834. The Kier molecular flexibility index (Phi) is 3.90. The molecule has 0 aliphatic heterocycles. The monoisotopic (exact) mass is 271 g/mol. The van der Waals surface area contributed by atoms with E-state index in [0.29, 0.717) is 6.04 Å². The summed E-state index contributed by atoms with van der Waals surface area (Å²) in [6.45, 7) is 3.91. The van der Waals surface area contributed by atoms with Crippen LogP contribution in [-0.2, 0) is 6.54 Å². The molecule has 2 aromatic heterocycles. The molecular weight excluding hydrogens is 250 g/mol. The van der Waals surface area contributed by atoms with Gasteiger partial charge < -0.3 is 14.6 Å². The van der Waals surface area contributed by atoms with Crippen LogP contribution in [0.1, 0.15) is 31.9 Å². The van der Waals surface area contributed by atoms with E-state index in [1.54, 1.807) is 6.26 Å². The van der Waals surface area contributed by atoms with E-state index in [9.17, 15) is 0 Å². The van der Waals surface area contributed by atoms with E-state index < -0.39 is 0 Å². The van der Waals surface area contributed by atoms with Crippen molar-refractivity contribution in [3.05, 3.63) is 42.4 Å². The van der Waals surface area contributed by atoms with Crippen LogP contribution in [0.15, 0.2) is 41.0 Å². The van der Waals surface area contributed by atoms with Gasteiger partial charge in [0.15, 0.2) is 0 Å². The van der Waals surface area contributed by atoms with Crippen molar-refractivity contribution in [2.75, 3.05) is 16.8 Å². The van der Waals surface area contributed by atoms with Gasteiger partial charge in [0.2, 0.25) is 0 Å². The summed E-state index contributed by atoms with van der Waals surface area (Å²) >= 11 is 0. The van der Waals surface area contributed by atoms with Crippen LogP contribution in [0.2, 0.25) is 0 Å². The van der Waals surface area contributed by atoms with Crippen molar-refractivity contribution in [1.82, 2.24) is 4.98 Å². The Morgan fingerprint density at radius 1 is 1.30 bits per heavy atom. The van der Waals surface area contributed by atoms with E-state index in [1.165, 1.54) is 12.8 Å². The van der Waals surface area contributed by atoms with Crippen molar-refractivity contribution in [2.24, 2.45) is 0 Å². The summed E-state index contributed by atoms with van der Waals surface area (Å²) in [7, 11) is 0. The highest BCUT2D eigenvalue weighted by Gasteiger charge is 2.30. The van der Waals surface area contributed by atoms with Crippen LogP contribution in [-0.4, -0.2) is 17.6 Å². The molecule has 3 rings (SSSR count). The molecule has 0 unspecified atom stereocenters. The fourth-order valence-electron chi connectivity index (χ4n) is 2.29. The van der Waals surface area contributed by atoms with Gasteiger partial charge in [-0.3, -0.25) is 0 Å². The zero-order chi connectivity index (χ0) is 13.8. The maximum Gasteiger partial charge on any atom is 0.131 e. The topological polar surface area (TPSA) is 41.3 Å². The molecule has 106 valence electrons. The minimum atomic E-state index is 0.606. The standard InChI is InChI=1S/C16H21N3O/c1-2-10-17-15-6-3-7-16(18-15)19(13-8-9-13)12-14-5-4-11-20-14/h3-7,11,13H,2,8-10,12H2,1H3,(H,17,18). The number of hydrogen-bond acceptors (Lipinski definition) is 4. The molecule has 0 radical (unpaired) electrons. The minimum absolute atomic E-state index is 0.606. The van der Waals surface area contributed by atoms with Crippen LogP contribution < -0.4 is 10.2 Å². The molecule has 1 N–H and O–H groups in total. The summed E-state index contributed by atoms with van der Waals surface area (Å²) in [6, 6.07) is 10.7. The predicted molar refractivity (Wildman–Crippen MR) is 80.9 cm³/mol. The molecule has 0 amide bonds. The first-order chi connectivity index (χ1) is 9.86. The summed E-state index contributed by atoms with van der Waals surface area (Å²) in [4.78, 5) is 7.07. The second-order valence-corrected chi connectivity index (χ2v) is 5.25. The average molecular weight is 271 g/mol. The second-order valence-electron chi connectivity index (χ2n) is 5.25. The minimum Gasteiger partial charge on any atom is -0.467 e. The highest BCUT2D eigenvalue weighted by molar-refractivity contribution is 5.48. The number of furan rings is 1. The van der Waals surface area contributed by atoms with Gasteiger partial charge in [0.05, 0.1) is 12.8 Å². The first-order valence-electron chi connectivity index (χ1n) is 7.37. The Balaban J connectivity index is 1.76. The lowest BCUT2D eigenvalue weighted by Gasteiger charge is -2.23. The summed E-state index contributed by atoms with van der Waals surface area (Å²) in [5, 5.41) is 3.35. The molecule has 1 aliphatic rings. The molecule has 2 aromatic rings. The number of pyridine rings is 1. The summed E-state index contributed by atoms with van der Waals surface area (Å²) in [5.74, 6) is 2.98. The molecule has 2 heterocycles. The third-order valence-electron chi connectivity index (χ3n) is 3.48. The Morgan fingerprint density at radius 3 is 2.90 bits per heavy atom. The highest BCUT2D eigenvalue weighted by atomic mass is 16.3. The lowest BCUT2D eigenvalue weighted by Crippen LogP contribution is -2.26. The van der Waals surface area contributed by atoms with E-state index in [1.807, 2.05) is 18.2 Å². The number of aromatic nitrogens is 1. The van der Waals surface area contributed by atoms with E-state index in [-0.39, 0.29) is 0 Å². The zero-order valence-electron chi connectivity index (χ0n) is 11.9. The smallest absolute Gasteiger partial charge is 0.131 e. The number of nitrogens with zero attached hydrogens (tertiary/aromatic N) is 2. The van der Waals surface area contributed by atoms with Crippen LogP contribution in [0.25, 0.3) is 0 Å². The molecule has 0 atom stereocenters. The maximum absolute atomic E-state index is 5.47. The summed E-state index contributed by atoms with van der Waals surface area (Å²) in [6.07, 6.45) is 5.32. The largest absolute Gasteiger partial charge is 0.467 e. The SMILES string of the molecule is CCCNc1cccc(N(Cc2ccco2)C2CC2)n1. The molecule has 1 saturated carbocycles. The van der Waals surface area contributed by atoms with E-state index in [4.69, 9.17) is 9.40 Å². The lowest BCUT2D eigenvalue weighted by molar-refractivity contribution is 0.500. The zero-order valence-corrected chi connectivity index (χ0v) is 11.9. The van der Waals surface area contributed by atoms with E-state index in [0.717, 1.165) is 36.9 Å². The highest BCUT2D eigenvalue weighted by Crippen LogP contribution is 2.32. The third-order valence-corrected chi connectivity index (χ3v) is 3.48. The number of anilines is 2. The maximum atomic E-state index is 5.47. The fraction of sp³-hybridized carbons (Fsp3) is 0.438. The third kappa shape index (κ3) is 3.13. The van der Waals surface area contributed by atoms with Crippen LogP contribution >= 0.6 is 0 Å². The molecule has 0 bridgehead atoms. The van der Waals surface area contributed by atoms with Crippen LogP contribution in [0.5, 0.6) is 0 Å². The van der Waals surface area contributed by atoms with Crippen molar-refractivity contribution >= 4 is 11.6 Å². The van der Waals surface area contributed by atoms with Crippen molar-refractivity contribution in [2.45, 2.75) is 38.8 Å². The molecule has 1 aliphatic carbocycles. The van der Waals surface area contributed by atoms with Gasteiger partial charge in [0.25, 0.3) is 0 Å². The molecule has 0 saturated heterocycles. The number of rotatable bonds is 7. The average Bonchev–Trinajstić information content (AvgIpc) is 3.19. The van der Waals surface area contributed by atoms with E-state index >= 15 is 0 Å². The Hall–Kier alpha value is -1.97. The molecule has 1 fully saturated rings. The van der Waals surface area contributed by atoms with Crippen molar-refractivity contribution in [1.29, 1.82) is 0 Å². The number of hydrogen-bond donors (Lipinski definition) is 1.